The minimum Gasteiger partial charge on any atom is -0.454 e. The molecule has 0 spiro atoms. The third-order valence-corrected chi connectivity index (χ3v) is 2.53. The first-order valence-corrected chi connectivity index (χ1v) is 5.64. The predicted molar refractivity (Wildman–Crippen MR) is 67.2 cm³/mol. The summed E-state index contributed by atoms with van der Waals surface area (Å²) in [5, 5.41) is 0. The Morgan fingerprint density at radius 2 is 2.05 bits per heavy atom. The van der Waals surface area contributed by atoms with Crippen LogP contribution in [0.15, 0.2) is 24.3 Å². The van der Waals surface area contributed by atoms with Crippen molar-refractivity contribution in [3.63, 3.8) is 0 Å². The van der Waals surface area contributed by atoms with Crippen molar-refractivity contribution in [2.24, 2.45) is 5.84 Å². The van der Waals surface area contributed by atoms with Crippen molar-refractivity contribution >= 4 is 5.95 Å². The number of fused-ring (bicyclic) bond motifs is 1. The van der Waals surface area contributed by atoms with Gasteiger partial charge in [-0.15, -0.1) is 0 Å². The molecular weight excluding hydrogens is 248 g/mol. The first-order valence-electron chi connectivity index (χ1n) is 5.64. The van der Waals surface area contributed by atoms with Gasteiger partial charge in [-0.2, -0.15) is 4.98 Å². The molecule has 7 heteroatoms. The Morgan fingerprint density at radius 1 is 1.21 bits per heavy atom. The number of hydrogen-bond acceptors (Lipinski definition) is 7. The van der Waals surface area contributed by atoms with E-state index in [2.05, 4.69) is 15.4 Å². The third-order valence-electron chi connectivity index (χ3n) is 2.53. The number of rotatable bonds is 3. The average Bonchev–Trinajstić information content (AvgIpc) is 2.85. The van der Waals surface area contributed by atoms with Crippen LogP contribution in [0.4, 0.5) is 5.95 Å². The lowest BCUT2D eigenvalue weighted by molar-refractivity contribution is 0.174. The van der Waals surface area contributed by atoms with Gasteiger partial charge in [0.2, 0.25) is 18.6 Å². The van der Waals surface area contributed by atoms with Gasteiger partial charge >= 0.3 is 0 Å². The fourth-order valence-corrected chi connectivity index (χ4v) is 1.72. The van der Waals surface area contributed by atoms with E-state index in [0.717, 1.165) is 5.69 Å². The van der Waals surface area contributed by atoms with Gasteiger partial charge in [0.15, 0.2) is 11.5 Å². The molecule has 0 bridgehead atoms. The monoisotopic (exact) mass is 260 g/mol. The first-order chi connectivity index (χ1) is 9.24. The highest BCUT2D eigenvalue weighted by atomic mass is 16.7. The van der Waals surface area contributed by atoms with E-state index in [1.54, 1.807) is 24.3 Å². The molecule has 0 atom stereocenters. The second kappa shape index (κ2) is 4.62. The number of benzene rings is 1. The van der Waals surface area contributed by atoms with Crippen molar-refractivity contribution in [3.8, 4) is 23.1 Å². The number of hydrogen-bond donors (Lipinski definition) is 2. The van der Waals surface area contributed by atoms with Crippen LogP contribution in [0, 0.1) is 6.92 Å². The molecule has 19 heavy (non-hydrogen) atoms. The molecule has 0 fully saturated rings. The zero-order chi connectivity index (χ0) is 13.2. The molecule has 1 aliphatic heterocycles. The Labute approximate surface area is 109 Å². The first kappa shape index (κ1) is 11.5. The van der Waals surface area contributed by atoms with Crippen LogP contribution < -0.4 is 25.5 Å². The molecule has 0 unspecified atom stereocenters. The lowest BCUT2D eigenvalue weighted by Crippen LogP contribution is -2.11. The SMILES string of the molecule is Cc1cc(Oc2ccc3c(c2)OCO3)nc(NN)n1. The largest absolute Gasteiger partial charge is 0.454 e. The number of nitrogens with zero attached hydrogens (tertiary/aromatic N) is 2. The molecule has 2 aromatic rings. The lowest BCUT2D eigenvalue weighted by atomic mass is 10.3. The molecule has 0 saturated carbocycles. The van der Waals surface area contributed by atoms with E-state index in [4.69, 9.17) is 20.1 Å². The van der Waals surface area contributed by atoms with Crippen molar-refractivity contribution in [1.29, 1.82) is 0 Å². The Bertz CT molecular complexity index is 618. The van der Waals surface area contributed by atoms with Crippen LogP contribution in [-0.4, -0.2) is 16.8 Å². The van der Waals surface area contributed by atoms with Gasteiger partial charge in [-0.05, 0) is 19.1 Å². The average molecular weight is 260 g/mol. The maximum Gasteiger partial charge on any atom is 0.240 e. The molecule has 0 amide bonds. The Hall–Kier alpha value is -2.54. The maximum absolute atomic E-state index is 5.64. The molecule has 3 N–H and O–H groups in total. The quantitative estimate of drug-likeness (QED) is 0.639. The number of nitrogens with two attached hydrogens (primary N) is 1. The summed E-state index contributed by atoms with van der Waals surface area (Å²) in [4.78, 5) is 8.18. The molecule has 0 aliphatic carbocycles. The van der Waals surface area contributed by atoms with Gasteiger partial charge < -0.3 is 14.2 Å². The van der Waals surface area contributed by atoms with Crippen molar-refractivity contribution in [2.45, 2.75) is 6.92 Å². The van der Waals surface area contributed by atoms with Crippen LogP contribution in [0.25, 0.3) is 0 Å². The van der Waals surface area contributed by atoms with Crippen molar-refractivity contribution in [2.75, 3.05) is 12.2 Å². The summed E-state index contributed by atoms with van der Waals surface area (Å²) < 4.78 is 16.2. The molecular formula is C12H12N4O3. The lowest BCUT2D eigenvalue weighted by Gasteiger charge is -2.07. The minimum absolute atomic E-state index is 0.229. The van der Waals surface area contributed by atoms with E-state index >= 15 is 0 Å². The van der Waals surface area contributed by atoms with Gasteiger partial charge in [0, 0.05) is 17.8 Å². The second-order valence-corrected chi connectivity index (χ2v) is 3.93. The number of anilines is 1. The highest BCUT2D eigenvalue weighted by molar-refractivity contribution is 5.47. The summed E-state index contributed by atoms with van der Waals surface area (Å²) in [6.45, 7) is 2.06. The van der Waals surface area contributed by atoms with Gasteiger partial charge in [0.25, 0.3) is 0 Å². The number of nitrogens with one attached hydrogen (secondary N) is 1. The number of nitrogen functional groups attached to an aromatic ring is 1. The fraction of sp³-hybridized carbons (Fsp3) is 0.167. The van der Waals surface area contributed by atoms with E-state index < -0.39 is 0 Å². The van der Waals surface area contributed by atoms with Crippen LogP contribution >= 0.6 is 0 Å². The zero-order valence-corrected chi connectivity index (χ0v) is 10.2. The highest BCUT2D eigenvalue weighted by Gasteiger charge is 2.14. The van der Waals surface area contributed by atoms with Crippen molar-refractivity contribution < 1.29 is 14.2 Å². The standard InChI is InChI=1S/C12H12N4O3/c1-7-4-11(15-12(14-7)16-13)19-8-2-3-9-10(5-8)18-6-17-9/h2-5H,6,13H2,1H3,(H,14,15,16). The van der Waals surface area contributed by atoms with E-state index in [1.165, 1.54) is 0 Å². The van der Waals surface area contributed by atoms with Crippen LogP contribution in [0.5, 0.6) is 23.1 Å². The van der Waals surface area contributed by atoms with Crippen LogP contribution in [0.2, 0.25) is 0 Å². The Morgan fingerprint density at radius 3 is 2.89 bits per heavy atom. The summed E-state index contributed by atoms with van der Waals surface area (Å²) in [5.74, 6) is 7.95. The molecule has 2 heterocycles. The van der Waals surface area contributed by atoms with E-state index in [0.29, 0.717) is 29.1 Å². The molecule has 3 rings (SSSR count). The summed E-state index contributed by atoms with van der Waals surface area (Å²) in [7, 11) is 0. The summed E-state index contributed by atoms with van der Waals surface area (Å²) in [6, 6.07) is 7.02. The molecule has 1 aromatic heterocycles. The molecule has 0 saturated heterocycles. The Balaban J connectivity index is 1.86. The van der Waals surface area contributed by atoms with E-state index in [-0.39, 0.29) is 6.79 Å². The van der Waals surface area contributed by atoms with Gasteiger partial charge in [-0.25, -0.2) is 10.8 Å². The third kappa shape index (κ3) is 2.36. The number of hydrazine groups is 1. The topological polar surface area (TPSA) is 91.5 Å². The number of aryl methyl sites for hydroxylation is 1. The van der Waals surface area contributed by atoms with Gasteiger partial charge in [0.1, 0.15) is 5.75 Å². The van der Waals surface area contributed by atoms with E-state index in [9.17, 15) is 0 Å². The minimum atomic E-state index is 0.229. The molecule has 1 aliphatic rings. The van der Waals surface area contributed by atoms with Crippen LogP contribution in [0.1, 0.15) is 5.69 Å². The van der Waals surface area contributed by atoms with Gasteiger partial charge in [-0.1, -0.05) is 0 Å². The molecule has 7 nitrogen and oxygen atoms in total. The van der Waals surface area contributed by atoms with E-state index in [1.807, 2.05) is 6.92 Å². The zero-order valence-electron chi connectivity index (χ0n) is 10.2. The summed E-state index contributed by atoms with van der Waals surface area (Å²) >= 11 is 0. The fourth-order valence-electron chi connectivity index (χ4n) is 1.72. The van der Waals surface area contributed by atoms with Crippen molar-refractivity contribution in [3.05, 3.63) is 30.0 Å². The summed E-state index contributed by atoms with van der Waals surface area (Å²) in [6.07, 6.45) is 0. The van der Waals surface area contributed by atoms with Gasteiger partial charge in [0.05, 0.1) is 0 Å². The molecule has 98 valence electrons. The van der Waals surface area contributed by atoms with Crippen molar-refractivity contribution in [1.82, 2.24) is 9.97 Å². The van der Waals surface area contributed by atoms with Crippen LogP contribution in [0.3, 0.4) is 0 Å². The second-order valence-electron chi connectivity index (χ2n) is 3.93. The molecule has 1 aromatic carbocycles. The Kier molecular flexibility index (Phi) is 2.81. The maximum atomic E-state index is 5.64. The number of aromatic nitrogens is 2. The predicted octanol–water partition coefficient (Wildman–Crippen LogP) is 1.59. The summed E-state index contributed by atoms with van der Waals surface area (Å²) in [5.41, 5.74) is 3.14. The normalized spacial score (nSPS) is 12.3. The van der Waals surface area contributed by atoms with Crippen LogP contribution in [-0.2, 0) is 0 Å². The smallest absolute Gasteiger partial charge is 0.240 e. The highest BCUT2D eigenvalue weighted by Crippen LogP contribution is 2.36. The molecule has 0 radical (unpaired) electrons. The van der Waals surface area contributed by atoms with Gasteiger partial charge in [-0.3, -0.25) is 5.43 Å². The number of ether oxygens (including phenoxy) is 3.